The van der Waals surface area contributed by atoms with Crippen LogP contribution in [0.15, 0.2) is 101 Å². The summed E-state index contributed by atoms with van der Waals surface area (Å²) in [7, 11) is -6.53. The maximum atomic E-state index is 12.9. The number of rotatable bonds is 12. The molecule has 0 aliphatic heterocycles. The van der Waals surface area contributed by atoms with Gasteiger partial charge in [-0.25, -0.2) is 0 Å². The molecule has 7 heteroatoms. The molecule has 0 saturated heterocycles. The van der Waals surface area contributed by atoms with Crippen LogP contribution in [0.3, 0.4) is 0 Å². The molecule has 37 heavy (non-hydrogen) atoms. The van der Waals surface area contributed by atoms with Gasteiger partial charge in [0.2, 0.25) is 0 Å². The molecule has 3 rings (SSSR count). The van der Waals surface area contributed by atoms with E-state index in [1.54, 1.807) is 24.3 Å². The van der Waals surface area contributed by atoms with Gasteiger partial charge in [-0.05, 0) is 51.8 Å². The van der Waals surface area contributed by atoms with Crippen molar-refractivity contribution < 1.29 is 17.0 Å². The lowest BCUT2D eigenvalue weighted by Gasteiger charge is -2.43. The number of hydrogen-bond acceptors (Lipinski definition) is 4. The fourth-order valence-electron chi connectivity index (χ4n) is 4.67. The average Bonchev–Trinajstić information content (AvgIpc) is 2.84. The van der Waals surface area contributed by atoms with Gasteiger partial charge < -0.3 is 4.43 Å². The highest BCUT2D eigenvalue weighted by Crippen LogP contribution is 2.37. The molecule has 0 fully saturated rings. The van der Waals surface area contributed by atoms with Gasteiger partial charge in [0.25, 0.3) is 18.4 Å². The molecule has 0 N–H and O–H groups in total. The molecular formula is C30H37BrO4SSi. The van der Waals surface area contributed by atoms with E-state index >= 15 is 0 Å². The Hall–Kier alpha value is -2.03. The van der Waals surface area contributed by atoms with Gasteiger partial charge in [-0.2, -0.15) is 8.42 Å². The van der Waals surface area contributed by atoms with E-state index in [9.17, 15) is 8.42 Å². The van der Waals surface area contributed by atoms with Crippen molar-refractivity contribution in [2.75, 3.05) is 6.61 Å². The number of halogens is 1. The maximum Gasteiger partial charge on any atom is 0.297 e. The predicted octanol–water partition coefficient (Wildman–Crippen LogP) is 6.72. The third-order valence-corrected chi connectivity index (χ3v) is 13.2. The topological polar surface area (TPSA) is 52.6 Å². The Labute approximate surface area is 232 Å². The Morgan fingerprint density at radius 3 is 1.89 bits per heavy atom. The molecule has 3 aromatic rings. The zero-order chi connectivity index (χ0) is 27.1. The molecule has 0 heterocycles. The predicted molar refractivity (Wildman–Crippen MR) is 159 cm³/mol. The van der Waals surface area contributed by atoms with E-state index in [0.29, 0.717) is 30.4 Å². The summed E-state index contributed by atoms with van der Waals surface area (Å²) < 4.78 is 39.2. The van der Waals surface area contributed by atoms with Gasteiger partial charge in [0, 0.05) is 13.0 Å². The molecule has 0 aliphatic rings. The fraction of sp³-hybridized carbons (Fsp3) is 0.333. The highest BCUT2D eigenvalue weighted by atomic mass is 79.9. The summed E-state index contributed by atoms with van der Waals surface area (Å²) in [5.74, 6) is 0. The van der Waals surface area contributed by atoms with Crippen molar-refractivity contribution in [2.24, 2.45) is 0 Å². The van der Waals surface area contributed by atoms with Crippen LogP contribution in [0.5, 0.6) is 0 Å². The van der Waals surface area contributed by atoms with Crippen molar-refractivity contribution in [3.05, 3.63) is 102 Å². The van der Waals surface area contributed by atoms with Crippen molar-refractivity contribution in [2.45, 2.75) is 63.0 Å². The second-order valence-electron chi connectivity index (χ2n) is 10.4. The smallest absolute Gasteiger partial charge is 0.297 e. The minimum absolute atomic E-state index is 0.121. The molecule has 1 atom stereocenters. The second-order valence-corrected chi connectivity index (χ2v) is 17.4. The van der Waals surface area contributed by atoms with Gasteiger partial charge in [-0.1, -0.05) is 122 Å². The molecule has 1 unspecified atom stereocenters. The molecule has 0 saturated carbocycles. The van der Waals surface area contributed by atoms with Crippen molar-refractivity contribution in [1.29, 1.82) is 0 Å². The normalized spacial score (nSPS) is 13.3. The van der Waals surface area contributed by atoms with Crippen LogP contribution in [0.25, 0.3) is 0 Å². The van der Waals surface area contributed by atoms with E-state index < -0.39 is 24.5 Å². The Morgan fingerprint density at radius 1 is 0.919 bits per heavy atom. The first-order valence-electron chi connectivity index (χ1n) is 12.5. The third-order valence-electron chi connectivity index (χ3n) is 6.43. The van der Waals surface area contributed by atoms with E-state index in [1.165, 1.54) is 10.4 Å². The molecule has 0 spiro atoms. The van der Waals surface area contributed by atoms with Crippen LogP contribution in [-0.4, -0.2) is 29.4 Å². The molecule has 3 aromatic carbocycles. The highest BCUT2D eigenvalue weighted by molar-refractivity contribution is 9.11. The van der Waals surface area contributed by atoms with Gasteiger partial charge in [0.15, 0.2) is 0 Å². The Balaban J connectivity index is 1.80. The SMILES string of the molecule is C=C(Br)CC(CCCO[Si](c1ccccc1)(c1ccccc1)C(C)(C)C)OS(=O)(=O)c1ccc(C)cc1. The lowest BCUT2D eigenvalue weighted by molar-refractivity contribution is 0.183. The molecule has 198 valence electrons. The lowest BCUT2D eigenvalue weighted by Crippen LogP contribution is -2.66. The van der Waals surface area contributed by atoms with Gasteiger partial charge in [0.05, 0.1) is 11.0 Å². The summed E-state index contributed by atoms with van der Waals surface area (Å²) >= 11 is 3.38. The minimum Gasteiger partial charge on any atom is -0.407 e. The van der Waals surface area contributed by atoms with Crippen LogP contribution in [0.1, 0.15) is 45.6 Å². The summed E-state index contributed by atoms with van der Waals surface area (Å²) in [6.45, 7) is 13.0. The van der Waals surface area contributed by atoms with Crippen molar-refractivity contribution in [1.82, 2.24) is 0 Å². The highest BCUT2D eigenvalue weighted by Gasteiger charge is 2.50. The quantitative estimate of drug-likeness (QED) is 0.131. The second kappa shape index (κ2) is 12.7. The lowest BCUT2D eigenvalue weighted by atomic mass is 10.1. The number of aryl methyl sites for hydroxylation is 1. The number of hydrogen-bond donors (Lipinski definition) is 0. The van der Waals surface area contributed by atoms with Crippen LogP contribution >= 0.6 is 15.9 Å². The third kappa shape index (κ3) is 7.51. The molecule has 0 aliphatic carbocycles. The Bertz CT molecular complexity index is 1210. The first-order valence-corrected chi connectivity index (χ1v) is 16.6. The monoisotopic (exact) mass is 600 g/mol. The van der Waals surface area contributed by atoms with Crippen molar-refractivity contribution >= 4 is 44.7 Å². The Morgan fingerprint density at radius 2 is 1.43 bits per heavy atom. The van der Waals surface area contributed by atoms with Gasteiger partial charge in [-0.3, -0.25) is 4.18 Å². The fourth-order valence-corrected chi connectivity index (χ4v) is 10.7. The summed E-state index contributed by atoms with van der Waals surface area (Å²) in [5.41, 5.74) is 0.991. The first-order chi connectivity index (χ1) is 17.5. The van der Waals surface area contributed by atoms with Gasteiger partial charge >= 0.3 is 0 Å². The first kappa shape index (κ1) is 29.5. The van der Waals surface area contributed by atoms with E-state index in [-0.39, 0.29) is 9.93 Å². The summed E-state index contributed by atoms with van der Waals surface area (Å²) in [6, 6.07) is 27.7. The summed E-state index contributed by atoms with van der Waals surface area (Å²) in [4.78, 5) is 0.159. The van der Waals surface area contributed by atoms with Crippen LogP contribution in [-0.2, 0) is 18.7 Å². The zero-order valence-electron chi connectivity index (χ0n) is 22.1. The molecule has 0 amide bonds. The summed E-state index contributed by atoms with van der Waals surface area (Å²) in [5, 5.41) is 2.32. The van der Waals surface area contributed by atoms with Crippen molar-refractivity contribution in [3.63, 3.8) is 0 Å². The molecule has 0 radical (unpaired) electrons. The van der Waals surface area contributed by atoms with Gasteiger partial charge in [0.1, 0.15) is 0 Å². The van der Waals surface area contributed by atoms with Crippen LogP contribution in [0.4, 0.5) is 0 Å². The largest absolute Gasteiger partial charge is 0.407 e. The average molecular weight is 602 g/mol. The van der Waals surface area contributed by atoms with E-state index in [2.05, 4.69) is 91.8 Å². The van der Waals surface area contributed by atoms with Crippen LogP contribution in [0.2, 0.25) is 5.04 Å². The standard InChI is InChI=1S/C30H37BrO4SSi/c1-24-18-20-27(21-19-24)36(32,33)35-26(23-25(2)31)13-12-22-34-37(30(3,4)5,28-14-8-6-9-15-28)29-16-10-7-11-17-29/h6-11,14-21,26H,2,12-13,22-23H2,1,3-5H3. The summed E-state index contributed by atoms with van der Waals surface area (Å²) in [6.07, 6.45) is 1.03. The van der Waals surface area contributed by atoms with E-state index in [4.69, 9.17) is 8.61 Å². The molecule has 4 nitrogen and oxygen atoms in total. The van der Waals surface area contributed by atoms with E-state index in [1.807, 2.05) is 19.1 Å². The van der Waals surface area contributed by atoms with Crippen molar-refractivity contribution in [3.8, 4) is 0 Å². The molecule has 0 bridgehead atoms. The molecule has 0 aromatic heterocycles. The number of benzene rings is 3. The van der Waals surface area contributed by atoms with E-state index in [0.717, 1.165) is 5.56 Å². The molecular weight excluding hydrogens is 564 g/mol. The minimum atomic E-state index is -3.89. The Kier molecular flexibility index (Phi) is 10.1. The van der Waals surface area contributed by atoms with Gasteiger partial charge in [-0.15, -0.1) is 0 Å². The zero-order valence-corrected chi connectivity index (χ0v) is 25.5. The van der Waals surface area contributed by atoms with Crippen LogP contribution in [0, 0.1) is 6.92 Å². The van der Waals surface area contributed by atoms with Crippen LogP contribution < -0.4 is 10.4 Å². The maximum absolute atomic E-state index is 12.9.